The third-order valence-electron chi connectivity index (χ3n) is 7.50. The lowest BCUT2D eigenvalue weighted by atomic mass is 9.68. The van der Waals surface area contributed by atoms with Gasteiger partial charge in [0.25, 0.3) is 0 Å². The molecule has 0 amide bonds. The molecule has 2 atom stereocenters. The summed E-state index contributed by atoms with van der Waals surface area (Å²) in [5.41, 5.74) is 7.93. The van der Waals surface area contributed by atoms with Crippen molar-refractivity contribution in [3.8, 4) is 5.75 Å². The van der Waals surface area contributed by atoms with Crippen LogP contribution >= 0.6 is 0 Å². The summed E-state index contributed by atoms with van der Waals surface area (Å²) in [6.07, 6.45) is 5.07. The Morgan fingerprint density at radius 3 is 2.38 bits per heavy atom. The van der Waals surface area contributed by atoms with Gasteiger partial charge in [-0.2, -0.15) is 0 Å². The van der Waals surface area contributed by atoms with Crippen molar-refractivity contribution in [2.24, 2.45) is 5.92 Å². The molecule has 1 fully saturated rings. The van der Waals surface area contributed by atoms with E-state index in [2.05, 4.69) is 66.4 Å². The summed E-state index contributed by atoms with van der Waals surface area (Å²) in [5.74, 6) is 1.26. The number of aldehydes is 1. The van der Waals surface area contributed by atoms with Gasteiger partial charge in [-0.1, -0.05) is 42.5 Å². The number of carbonyl (C=O) groups excluding carboxylic acids is 1. The lowest BCUT2D eigenvalue weighted by Gasteiger charge is -2.36. The highest BCUT2D eigenvalue weighted by atomic mass is 16.3. The van der Waals surface area contributed by atoms with E-state index in [0.29, 0.717) is 11.7 Å². The number of nitrogens with zero attached hydrogens (tertiary/aromatic N) is 1. The normalized spacial score (nSPS) is 21.2. The van der Waals surface area contributed by atoms with Crippen LogP contribution < -0.4 is 4.90 Å². The van der Waals surface area contributed by atoms with Crippen LogP contribution in [0.25, 0.3) is 0 Å². The fourth-order valence-electron chi connectivity index (χ4n) is 5.75. The van der Waals surface area contributed by atoms with E-state index in [-0.39, 0.29) is 11.8 Å². The van der Waals surface area contributed by atoms with E-state index < -0.39 is 0 Å². The first kappa shape index (κ1) is 20.8. The monoisotopic (exact) mass is 425 g/mol. The molecule has 0 saturated carbocycles. The maximum atomic E-state index is 11.1. The van der Waals surface area contributed by atoms with Gasteiger partial charge in [0.15, 0.2) is 0 Å². The Balaban J connectivity index is 1.52. The van der Waals surface area contributed by atoms with Crippen molar-refractivity contribution < 1.29 is 9.90 Å². The molecular formula is C29H31NO2. The van der Waals surface area contributed by atoms with E-state index in [1.54, 1.807) is 0 Å². The lowest BCUT2D eigenvalue weighted by molar-refractivity contribution is -0.111. The number of anilines is 1. The van der Waals surface area contributed by atoms with Gasteiger partial charge in [0.05, 0.1) is 0 Å². The van der Waals surface area contributed by atoms with Crippen molar-refractivity contribution in [2.45, 2.75) is 44.4 Å². The van der Waals surface area contributed by atoms with Gasteiger partial charge in [-0.25, -0.2) is 0 Å². The van der Waals surface area contributed by atoms with Crippen molar-refractivity contribution in [1.29, 1.82) is 0 Å². The van der Waals surface area contributed by atoms with Crippen molar-refractivity contribution in [2.75, 3.05) is 18.0 Å². The minimum Gasteiger partial charge on any atom is -0.508 e. The molecule has 1 aliphatic carbocycles. The summed E-state index contributed by atoms with van der Waals surface area (Å²) in [6.45, 7) is 4.12. The molecule has 3 heteroatoms. The topological polar surface area (TPSA) is 40.5 Å². The predicted molar refractivity (Wildman–Crippen MR) is 130 cm³/mol. The highest BCUT2D eigenvalue weighted by molar-refractivity contribution is 5.58. The van der Waals surface area contributed by atoms with Gasteiger partial charge in [0, 0.05) is 30.6 Å². The second kappa shape index (κ2) is 8.82. The van der Waals surface area contributed by atoms with E-state index in [1.807, 2.05) is 12.1 Å². The molecule has 2 aliphatic rings. The van der Waals surface area contributed by atoms with Gasteiger partial charge < -0.3 is 14.8 Å². The number of piperidine rings is 1. The Kier molecular flexibility index (Phi) is 5.73. The number of phenols is 1. The summed E-state index contributed by atoms with van der Waals surface area (Å²) >= 11 is 0. The third kappa shape index (κ3) is 3.92. The molecule has 32 heavy (non-hydrogen) atoms. The molecular weight excluding hydrogens is 394 g/mol. The average molecular weight is 426 g/mol. The van der Waals surface area contributed by atoms with Crippen LogP contribution in [0.15, 0.2) is 66.7 Å². The number of carbonyl (C=O) groups is 1. The van der Waals surface area contributed by atoms with Crippen molar-refractivity contribution in [3.05, 3.63) is 94.5 Å². The first-order valence-corrected chi connectivity index (χ1v) is 11.8. The van der Waals surface area contributed by atoms with Crippen molar-refractivity contribution >= 4 is 12.0 Å². The van der Waals surface area contributed by atoms with Crippen LogP contribution in [0.5, 0.6) is 5.75 Å². The third-order valence-corrected chi connectivity index (χ3v) is 7.50. The number of hydrogen-bond acceptors (Lipinski definition) is 3. The standard InChI is InChI=1S/C29H31NO2/c1-20-17-24(30-15-13-21(19-31)14-16-30)8-11-26(20)29-27(22-5-3-2-4-6-22)10-7-23-18-25(32)9-12-28(23)29/h2-6,8-9,11-12,17-19,21,27,29,32H,7,10,13-16H2,1H3/t27-,29+/m1/s1. The highest BCUT2D eigenvalue weighted by Gasteiger charge is 2.33. The van der Waals surface area contributed by atoms with E-state index >= 15 is 0 Å². The Bertz CT molecular complexity index is 1100. The predicted octanol–water partition coefficient (Wildman–Crippen LogP) is 5.98. The van der Waals surface area contributed by atoms with E-state index in [1.165, 1.54) is 33.5 Å². The number of aryl methyl sites for hydroxylation is 2. The first-order valence-electron chi connectivity index (χ1n) is 11.8. The quantitative estimate of drug-likeness (QED) is 0.523. The Labute approximate surface area is 190 Å². The zero-order valence-corrected chi connectivity index (χ0v) is 18.7. The van der Waals surface area contributed by atoms with Crippen LogP contribution in [-0.4, -0.2) is 24.5 Å². The zero-order valence-electron chi connectivity index (χ0n) is 18.7. The second-order valence-electron chi connectivity index (χ2n) is 9.42. The number of aromatic hydroxyl groups is 1. The lowest BCUT2D eigenvalue weighted by Crippen LogP contribution is -2.34. The minimum absolute atomic E-state index is 0.216. The van der Waals surface area contributed by atoms with E-state index in [9.17, 15) is 9.90 Å². The molecule has 3 aromatic rings. The number of hydrogen-bond donors (Lipinski definition) is 1. The number of fused-ring (bicyclic) bond motifs is 1. The van der Waals surface area contributed by atoms with Gasteiger partial charge in [-0.05, 0) is 90.6 Å². The smallest absolute Gasteiger partial charge is 0.123 e. The molecule has 3 nitrogen and oxygen atoms in total. The van der Waals surface area contributed by atoms with Crippen LogP contribution in [0.1, 0.15) is 58.9 Å². The number of phenolic OH excluding ortho intramolecular Hbond substituents is 1. The summed E-state index contributed by atoms with van der Waals surface area (Å²) in [5, 5.41) is 10.1. The van der Waals surface area contributed by atoms with Gasteiger partial charge in [0.1, 0.15) is 12.0 Å². The molecule has 164 valence electrons. The number of rotatable bonds is 4. The van der Waals surface area contributed by atoms with Gasteiger partial charge >= 0.3 is 0 Å². The fraction of sp³-hybridized carbons (Fsp3) is 0.345. The first-order chi connectivity index (χ1) is 15.6. The van der Waals surface area contributed by atoms with Crippen LogP contribution in [0.4, 0.5) is 5.69 Å². The minimum atomic E-state index is 0.216. The highest BCUT2D eigenvalue weighted by Crippen LogP contribution is 2.48. The maximum absolute atomic E-state index is 11.1. The summed E-state index contributed by atoms with van der Waals surface area (Å²) in [4.78, 5) is 13.5. The zero-order chi connectivity index (χ0) is 22.1. The number of benzene rings is 3. The Hall–Kier alpha value is -3.07. The second-order valence-corrected chi connectivity index (χ2v) is 9.42. The molecule has 0 radical (unpaired) electrons. The van der Waals surface area contributed by atoms with Crippen LogP contribution in [-0.2, 0) is 11.2 Å². The van der Waals surface area contributed by atoms with Gasteiger partial charge in [-0.15, -0.1) is 0 Å². The van der Waals surface area contributed by atoms with Crippen LogP contribution in [0.2, 0.25) is 0 Å². The van der Waals surface area contributed by atoms with E-state index in [0.717, 1.165) is 45.1 Å². The fourth-order valence-corrected chi connectivity index (χ4v) is 5.75. The molecule has 0 spiro atoms. The van der Waals surface area contributed by atoms with E-state index in [4.69, 9.17) is 0 Å². The molecule has 0 unspecified atom stereocenters. The molecule has 1 saturated heterocycles. The molecule has 5 rings (SSSR count). The molecule has 0 bridgehead atoms. The Morgan fingerprint density at radius 1 is 0.906 bits per heavy atom. The molecule has 1 heterocycles. The summed E-state index contributed by atoms with van der Waals surface area (Å²) in [6, 6.07) is 23.7. The average Bonchev–Trinajstić information content (AvgIpc) is 2.84. The molecule has 1 aliphatic heterocycles. The Morgan fingerprint density at radius 2 is 1.66 bits per heavy atom. The van der Waals surface area contributed by atoms with Gasteiger partial charge in [-0.3, -0.25) is 0 Å². The summed E-state index contributed by atoms with van der Waals surface area (Å²) in [7, 11) is 0. The largest absolute Gasteiger partial charge is 0.508 e. The van der Waals surface area contributed by atoms with Crippen molar-refractivity contribution in [3.63, 3.8) is 0 Å². The molecule has 3 aromatic carbocycles. The van der Waals surface area contributed by atoms with Gasteiger partial charge in [0.2, 0.25) is 0 Å². The maximum Gasteiger partial charge on any atom is 0.123 e. The summed E-state index contributed by atoms with van der Waals surface area (Å²) < 4.78 is 0. The molecule has 1 N–H and O–H groups in total. The van der Waals surface area contributed by atoms with Crippen molar-refractivity contribution in [1.82, 2.24) is 0 Å². The SMILES string of the molecule is Cc1cc(N2CCC(C=O)CC2)ccc1[C@@H]1c2ccc(O)cc2CC[C@@H]1c1ccccc1. The van der Waals surface area contributed by atoms with Crippen LogP contribution in [0, 0.1) is 12.8 Å². The molecule has 0 aromatic heterocycles. The van der Waals surface area contributed by atoms with Crippen LogP contribution in [0.3, 0.4) is 0 Å².